The number of benzene rings is 1. The Bertz CT molecular complexity index is 771. The van der Waals surface area contributed by atoms with Crippen molar-refractivity contribution in [1.82, 2.24) is 9.88 Å². The van der Waals surface area contributed by atoms with Crippen LogP contribution in [0.4, 0.5) is 0 Å². The normalized spacial score (nSPS) is 12.9. The maximum absolute atomic E-state index is 11.6. The Morgan fingerprint density at radius 2 is 2.25 bits per heavy atom. The molecule has 0 aliphatic carbocycles. The molecule has 1 N–H and O–H groups in total. The van der Waals surface area contributed by atoms with E-state index in [0.717, 1.165) is 17.6 Å². The van der Waals surface area contributed by atoms with Gasteiger partial charge >= 0.3 is 5.76 Å². The molecule has 3 rings (SSSR count). The summed E-state index contributed by atoms with van der Waals surface area (Å²) in [5.74, 6) is -0.326. The summed E-state index contributed by atoms with van der Waals surface area (Å²) < 4.78 is 6.79. The van der Waals surface area contributed by atoms with Crippen molar-refractivity contribution in [2.24, 2.45) is 7.05 Å². The number of nitrogens with zero attached hydrogens (tertiary/aromatic N) is 1. The second kappa shape index (κ2) is 5.26. The first-order valence-corrected chi connectivity index (χ1v) is 7.45. The molecule has 104 valence electrons. The van der Waals surface area contributed by atoms with E-state index in [4.69, 9.17) is 4.42 Å². The standard InChI is InChI=1S/C15H16N2O2S/c1-3-16-14(13-5-4-8-20-13)10-6-7-11-12(9-10)19-15(18)17(11)2/h4-9,14,16H,3H2,1-2H3. The van der Waals surface area contributed by atoms with Gasteiger partial charge < -0.3 is 9.73 Å². The van der Waals surface area contributed by atoms with Gasteiger partial charge in [0.15, 0.2) is 5.58 Å². The highest BCUT2D eigenvalue weighted by Crippen LogP contribution is 2.28. The number of hydrogen-bond donors (Lipinski definition) is 1. The summed E-state index contributed by atoms with van der Waals surface area (Å²) in [4.78, 5) is 12.8. The molecule has 0 fully saturated rings. The van der Waals surface area contributed by atoms with Gasteiger partial charge in [-0.3, -0.25) is 4.57 Å². The molecule has 0 saturated heterocycles. The average molecular weight is 288 g/mol. The van der Waals surface area contributed by atoms with E-state index >= 15 is 0 Å². The summed E-state index contributed by atoms with van der Waals surface area (Å²) in [6.45, 7) is 2.96. The lowest BCUT2D eigenvalue weighted by Gasteiger charge is -2.16. The number of hydrogen-bond acceptors (Lipinski definition) is 4. The Hall–Kier alpha value is -1.85. The molecule has 0 spiro atoms. The maximum Gasteiger partial charge on any atom is 0.419 e. The molecule has 1 atom stereocenters. The largest absolute Gasteiger partial charge is 0.419 e. The summed E-state index contributed by atoms with van der Waals surface area (Å²) in [7, 11) is 1.72. The van der Waals surface area contributed by atoms with Crippen LogP contribution in [0.15, 0.2) is 44.9 Å². The van der Waals surface area contributed by atoms with Crippen molar-refractivity contribution in [2.45, 2.75) is 13.0 Å². The van der Waals surface area contributed by atoms with Crippen LogP contribution in [-0.2, 0) is 7.05 Å². The summed E-state index contributed by atoms with van der Waals surface area (Å²) in [6, 6.07) is 10.2. The predicted molar refractivity (Wildman–Crippen MR) is 81.3 cm³/mol. The molecule has 0 bridgehead atoms. The Morgan fingerprint density at radius 1 is 1.40 bits per heavy atom. The molecule has 2 heterocycles. The lowest BCUT2D eigenvalue weighted by molar-refractivity contribution is 0.527. The Labute approximate surface area is 120 Å². The molecule has 0 radical (unpaired) electrons. The van der Waals surface area contributed by atoms with Crippen LogP contribution in [0.3, 0.4) is 0 Å². The van der Waals surface area contributed by atoms with Gasteiger partial charge in [0, 0.05) is 11.9 Å². The first-order valence-electron chi connectivity index (χ1n) is 6.57. The van der Waals surface area contributed by atoms with Crippen LogP contribution < -0.4 is 11.1 Å². The highest BCUT2D eigenvalue weighted by Gasteiger charge is 2.16. The third-order valence-electron chi connectivity index (χ3n) is 3.39. The van der Waals surface area contributed by atoms with Crippen LogP contribution in [0.2, 0.25) is 0 Å². The third-order valence-corrected chi connectivity index (χ3v) is 4.32. The number of oxazole rings is 1. The van der Waals surface area contributed by atoms with Crippen LogP contribution >= 0.6 is 11.3 Å². The third kappa shape index (κ3) is 2.19. The van der Waals surface area contributed by atoms with Crippen molar-refractivity contribution in [3.05, 3.63) is 56.7 Å². The number of thiophene rings is 1. The second-order valence-electron chi connectivity index (χ2n) is 4.66. The van der Waals surface area contributed by atoms with E-state index in [1.165, 1.54) is 9.44 Å². The number of nitrogens with one attached hydrogen (secondary N) is 1. The van der Waals surface area contributed by atoms with E-state index in [1.807, 2.05) is 24.3 Å². The number of aromatic nitrogens is 1. The van der Waals surface area contributed by atoms with Crippen LogP contribution in [0, 0.1) is 0 Å². The van der Waals surface area contributed by atoms with Gasteiger partial charge in [-0.15, -0.1) is 11.3 Å². The van der Waals surface area contributed by atoms with Crippen LogP contribution in [0.5, 0.6) is 0 Å². The van der Waals surface area contributed by atoms with E-state index in [0.29, 0.717) is 5.58 Å². The number of fused-ring (bicyclic) bond motifs is 1. The van der Waals surface area contributed by atoms with E-state index < -0.39 is 0 Å². The topological polar surface area (TPSA) is 47.2 Å². The zero-order valence-corrected chi connectivity index (χ0v) is 12.2. The van der Waals surface area contributed by atoms with Crippen LogP contribution in [0.1, 0.15) is 23.4 Å². The molecule has 1 aromatic carbocycles. The van der Waals surface area contributed by atoms with Crippen molar-refractivity contribution in [2.75, 3.05) is 6.54 Å². The molecule has 5 heteroatoms. The van der Waals surface area contributed by atoms with Crippen molar-refractivity contribution >= 4 is 22.4 Å². The minimum Gasteiger partial charge on any atom is -0.408 e. The molecule has 4 nitrogen and oxygen atoms in total. The second-order valence-corrected chi connectivity index (χ2v) is 5.64. The fraction of sp³-hybridized carbons (Fsp3) is 0.267. The maximum atomic E-state index is 11.6. The van der Waals surface area contributed by atoms with Gasteiger partial charge in [0.25, 0.3) is 0 Å². The van der Waals surface area contributed by atoms with Gasteiger partial charge in [-0.05, 0) is 35.7 Å². The van der Waals surface area contributed by atoms with Gasteiger partial charge in [-0.1, -0.05) is 19.1 Å². The van der Waals surface area contributed by atoms with Gasteiger partial charge in [-0.2, -0.15) is 0 Å². The van der Waals surface area contributed by atoms with Crippen molar-refractivity contribution in [1.29, 1.82) is 0 Å². The monoisotopic (exact) mass is 288 g/mol. The van der Waals surface area contributed by atoms with E-state index in [-0.39, 0.29) is 11.8 Å². The molecule has 0 saturated carbocycles. The Kier molecular flexibility index (Phi) is 3.46. The predicted octanol–water partition coefficient (Wildman–Crippen LogP) is 2.89. The van der Waals surface area contributed by atoms with Crippen LogP contribution in [0.25, 0.3) is 11.1 Å². The van der Waals surface area contributed by atoms with Crippen molar-refractivity contribution < 1.29 is 4.42 Å². The van der Waals surface area contributed by atoms with E-state index in [1.54, 1.807) is 18.4 Å². The smallest absolute Gasteiger partial charge is 0.408 e. The number of aryl methyl sites for hydroxylation is 1. The summed E-state index contributed by atoms with van der Waals surface area (Å²) >= 11 is 1.72. The molecular formula is C15H16N2O2S. The first-order chi connectivity index (χ1) is 9.70. The van der Waals surface area contributed by atoms with Crippen molar-refractivity contribution in [3.8, 4) is 0 Å². The highest BCUT2D eigenvalue weighted by atomic mass is 32.1. The Morgan fingerprint density at radius 3 is 2.95 bits per heavy atom. The van der Waals surface area contributed by atoms with Gasteiger partial charge in [0.1, 0.15) is 0 Å². The lowest BCUT2D eigenvalue weighted by atomic mass is 10.0. The summed E-state index contributed by atoms with van der Waals surface area (Å²) in [5.41, 5.74) is 2.56. The fourth-order valence-corrected chi connectivity index (χ4v) is 3.20. The summed E-state index contributed by atoms with van der Waals surface area (Å²) in [5, 5.41) is 5.54. The van der Waals surface area contributed by atoms with Gasteiger partial charge in [-0.25, -0.2) is 4.79 Å². The quantitative estimate of drug-likeness (QED) is 0.803. The van der Waals surface area contributed by atoms with Gasteiger partial charge in [0.05, 0.1) is 11.6 Å². The zero-order chi connectivity index (χ0) is 14.1. The van der Waals surface area contributed by atoms with Crippen molar-refractivity contribution in [3.63, 3.8) is 0 Å². The highest BCUT2D eigenvalue weighted by molar-refractivity contribution is 7.10. The van der Waals surface area contributed by atoms with Crippen LogP contribution in [-0.4, -0.2) is 11.1 Å². The molecule has 3 aromatic rings. The fourth-order valence-electron chi connectivity index (χ4n) is 2.37. The minimum absolute atomic E-state index is 0.134. The molecule has 20 heavy (non-hydrogen) atoms. The minimum atomic E-state index is -0.326. The molecule has 0 aliphatic heterocycles. The SMILES string of the molecule is CCNC(c1ccc2c(c1)oc(=O)n2C)c1cccs1. The summed E-state index contributed by atoms with van der Waals surface area (Å²) in [6.07, 6.45) is 0. The molecule has 0 aliphatic rings. The number of rotatable bonds is 4. The molecular weight excluding hydrogens is 272 g/mol. The molecule has 1 unspecified atom stereocenters. The average Bonchev–Trinajstić information content (AvgIpc) is 3.06. The molecule has 2 aromatic heterocycles. The lowest BCUT2D eigenvalue weighted by Crippen LogP contribution is -2.20. The van der Waals surface area contributed by atoms with Gasteiger partial charge in [0.2, 0.25) is 0 Å². The van der Waals surface area contributed by atoms with E-state index in [2.05, 4.69) is 23.7 Å². The molecule has 0 amide bonds. The first kappa shape index (κ1) is 13.1. The Balaban J connectivity index is 2.09. The van der Waals surface area contributed by atoms with E-state index in [9.17, 15) is 4.79 Å². The zero-order valence-electron chi connectivity index (χ0n) is 11.4.